The minimum absolute atomic E-state index is 0.976. The molecule has 0 bridgehead atoms. The molecule has 1 aromatic carbocycles. The molecule has 0 spiro atoms. The average Bonchev–Trinajstić information content (AvgIpc) is 2.84. The van der Waals surface area contributed by atoms with Crippen LogP contribution >= 0.6 is 0 Å². The second kappa shape index (κ2) is 4.67. The van der Waals surface area contributed by atoms with Gasteiger partial charge in [-0.15, -0.1) is 0 Å². The van der Waals surface area contributed by atoms with Crippen LogP contribution in [0.15, 0.2) is 42.7 Å². The van der Waals surface area contributed by atoms with Crippen molar-refractivity contribution in [3.05, 3.63) is 53.9 Å². The van der Waals surface area contributed by atoms with Crippen LogP contribution in [0.25, 0.3) is 16.9 Å². The summed E-state index contributed by atoms with van der Waals surface area (Å²) in [6.07, 6.45) is 4.14. The van der Waals surface area contributed by atoms with Gasteiger partial charge in [0.1, 0.15) is 5.65 Å². The predicted molar refractivity (Wildman–Crippen MR) is 84.4 cm³/mol. The van der Waals surface area contributed by atoms with E-state index in [0.717, 1.165) is 17.0 Å². The Hall–Kier alpha value is -2.29. The highest BCUT2D eigenvalue weighted by molar-refractivity contribution is 5.66. The second-order valence-corrected chi connectivity index (χ2v) is 5.47. The number of aromatic nitrogens is 2. The number of hydrogen-bond donors (Lipinski definition) is 0. The highest BCUT2D eigenvalue weighted by Gasteiger charge is 2.06. The summed E-state index contributed by atoms with van der Waals surface area (Å²) in [6, 6.07) is 10.7. The van der Waals surface area contributed by atoms with Crippen molar-refractivity contribution in [3.63, 3.8) is 0 Å². The van der Waals surface area contributed by atoms with Crippen molar-refractivity contribution >= 4 is 11.3 Å². The fourth-order valence-corrected chi connectivity index (χ4v) is 2.29. The van der Waals surface area contributed by atoms with Crippen LogP contribution < -0.4 is 4.90 Å². The number of aryl methyl sites for hydroxylation is 2. The molecule has 0 saturated carbocycles. The fourth-order valence-electron chi connectivity index (χ4n) is 2.29. The zero-order valence-corrected chi connectivity index (χ0v) is 12.4. The van der Waals surface area contributed by atoms with Crippen LogP contribution in [-0.2, 0) is 0 Å². The van der Waals surface area contributed by atoms with Gasteiger partial charge in [-0.1, -0.05) is 12.1 Å². The van der Waals surface area contributed by atoms with Crippen molar-refractivity contribution in [1.82, 2.24) is 9.38 Å². The van der Waals surface area contributed by atoms with Crippen LogP contribution in [0.2, 0.25) is 0 Å². The van der Waals surface area contributed by atoms with Gasteiger partial charge in [0.25, 0.3) is 0 Å². The van der Waals surface area contributed by atoms with E-state index in [1.807, 2.05) is 14.1 Å². The molecule has 3 heteroatoms. The van der Waals surface area contributed by atoms with E-state index in [4.69, 9.17) is 4.98 Å². The van der Waals surface area contributed by atoms with Gasteiger partial charge >= 0.3 is 0 Å². The molecule has 3 rings (SSSR count). The maximum absolute atomic E-state index is 4.73. The highest BCUT2D eigenvalue weighted by Crippen LogP contribution is 2.23. The van der Waals surface area contributed by atoms with E-state index in [2.05, 4.69) is 65.9 Å². The Bertz CT molecular complexity index is 769. The number of fused-ring (bicyclic) bond motifs is 1. The van der Waals surface area contributed by atoms with Crippen LogP contribution in [0, 0.1) is 13.8 Å². The van der Waals surface area contributed by atoms with E-state index in [-0.39, 0.29) is 0 Å². The van der Waals surface area contributed by atoms with Gasteiger partial charge in [-0.3, -0.25) is 0 Å². The molecule has 0 unspecified atom stereocenters. The van der Waals surface area contributed by atoms with Crippen molar-refractivity contribution in [3.8, 4) is 11.3 Å². The van der Waals surface area contributed by atoms with Gasteiger partial charge in [0.15, 0.2) is 0 Å². The minimum atomic E-state index is 0.976. The van der Waals surface area contributed by atoms with Crippen LogP contribution in [0.3, 0.4) is 0 Å². The number of nitrogens with zero attached hydrogens (tertiary/aromatic N) is 3. The third-order valence-electron chi connectivity index (χ3n) is 3.76. The van der Waals surface area contributed by atoms with Crippen molar-refractivity contribution in [2.45, 2.75) is 13.8 Å². The summed E-state index contributed by atoms with van der Waals surface area (Å²) in [5.41, 5.74) is 6.94. The lowest BCUT2D eigenvalue weighted by Gasteiger charge is -2.11. The Labute approximate surface area is 119 Å². The molecule has 20 heavy (non-hydrogen) atoms. The quantitative estimate of drug-likeness (QED) is 0.704. The first-order chi connectivity index (χ1) is 9.54. The van der Waals surface area contributed by atoms with Gasteiger partial charge < -0.3 is 9.30 Å². The molecule has 2 aromatic heterocycles. The smallest absolute Gasteiger partial charge is 0.139 e. The number of pyridine rings is 1. The largest absolute Gasteiger partial charge is 0.378 e. The zero-order chi connectivity index (χ0) is 14.3. The molecule has 0 N–H and O–H groups in total. The summed E-state index contributed by atoms with van der Waals surface area (Å²) >= 11 is 0. The summed E-state index contributed by atoms with van der Waals surface area (Å²) in [4.78, 5) is 6.82. The van der Waals surface area contributed by atoms with Gasteiger partial charge in [-0.25, -0.2) is 4.98 Å². The summed E-state index contributed by atoms with van der Waals surface area (Å²) in [7, 11) is 4.08. The molecular formula is C17H19N3. The molecule has 3 aromatic rings. The Morgan fingerprint density at radius 2 is 1.80 bits per heavy atom. The number of rotatable bonds is 2. The number of imidazole rings is 1. The van der Waals surface area contributed by atoms with Crippen molar-refractivity contribution < 1.29 is 0 Å². The molecular weight excluding hydrogens is 246 g/mol. The molecule has 0 aliphatic carbocycles. The van der Waals surface area contributed by atoms with Gasteiger partial charge in [-0.05, 0) is 37.1 Å². The Kier molecular flexibility index (Phi) is 2.97. The molecule has 102 valence electrons. The third kappa shape index (κ3) is 2.16. The van der Waals surface area contributed by atoms with Crippen molar-refractivity contribution in [1.29, 1.82) is 0 Å². The Morgan fingerprint density at radius 1 is 1.00 bits per heavy atom. The first kappa shape index (κ1) is 12.7. The van der Waals surface area contributed by atoms with Crippen LogP contribution in [0.1, 0.15) is 11.1 Å². The maximum Gasteiger partial charge on any atom is 0.139 e. The minimum Gasteiger partial charge on any atom is -0.378 e. The standard InChI is InChI=1S/C17H19N3/c1-12-5-6-14(9-13(12)2)16-11-20-8-7-15(19(3)4)10-17(20)18-16/h5-11H,1-4H3. The van der Waals surface area contributed by atoms with E-state index in [0.29, 0.717) is 0 Å². The first-order valence-corrected chi connectivity index (χ1v) is 6.78. The van der Waals surface area contributed by atoms with Crippen LogP contribution in [0.5, 0.6) is 0 Å². The summed E-state index contributed by atoms with van der Waals surface area (Å²) in [5, 5.41) is 0. The van der Waals surface area contributed by atoms with E-state index in [1.54, 1.807) is 0 Å². The van der Waals surface area contributed by atoms with Gasteiger partial charge in [0.2, 0.25) is 0 Å². The monoisotopic (exact) mass is 265 g/mol. The Morgan fingerprint density at radius 3 is 2.50 bits per heavy atom. The lowest BCUT2D eigenvalue weighted by Crippen LogP contribution is -2.08. The van der Waals surface area contributed by atoms with Gasteiger partial charge in [-0.2, -0.15) is 0 Å². The van der Waals surface area contributed by atoms with Crippen molar-refractivity contribution in [2.75, 3.05) is 19.0 Å². The number of anilines is 1. The molecule has 0 amide bonds. The SMILES string of the molecule is Cc1ccc(-c2cn3ccc(N(C)C)cc3n2)cc1C. The van der Waals surface area contributed by atoms with Crippen molar-refractivity contribution in [2.24, 2.45) is 0 Å². The number of hydrogen-bond acceptors (Lipinski definition) is 2. The molecule has 0 radical (unpaired) electrons. The van der Waals surface area contributed by atoms with E-state index in [1.165, 1.54) is 16.7 Å². The maximum atomic E-state index is 4.73. The molecule has 0 aliphatic rings. The number of benzene rings is 1. The molecule has 3 nitrogen and oxygen atoms in total. The van der Waals surface area contributed by atoms with Gasteiger partial charge in [0.05, 0.1) is 5.69 Å². The lowest BCUT2D eigenvalue weighted by molar-refractivity contribution is 1.10. The van der Waals surface area contributed by atoms with Crippen LogP contribution in [0.4, 0.5) is 5.69 Å². The second-order valence-electron chi connectivity index (χ2n) is 5.47. The first-order valence-electron chi connectivity index (χ1n) is 6.78. The van der Waals surface area contributed by atoms with Crippen LogP contribution in [-0.4, -0.2) is 23.5 Å². The lowest BCUT2D eigenvalue weighted by atomic mass is 10.1. The average molecular weight is 265 g/mol. The third-order valence-corrected chi connectivity index (χ3v) is 3.76. The summed E-state index contributed by atoms with van der Waals surface area (Å²) in [6.45, 7) is 4.27. The molecule has 0 atom stereocenters. The molecule has 0 saturated heterocycles. The van der Waals surface area contributed by atoms with Gasteiger partial charge in [0, 0.05) is 43.8 Å². The highest BCUT2D eigenvalue weighted by atomic mass is 15.1. The van der Waals surface area contributed by atoms with E-state index in [9.17, 15) is 0 Å². The Balaban J connectivity index is 2.10. The molecule has 0 fully saturated rings. The fraction of sp³-hybridized carbons (Fsp3) is 0.235. The molecule has 2 heterocycles. The summed E-state index contributed by atoms with van der Waals surface area (Å²) < 4.78 is 2.07. The van der Waals surface area contributed by atoms with E-state index >= 15 is 0 Å². The van der Waals surface area contributed by atoms with E-state index < -0.39 is 0 Å². The topological polar surface area (TPSA) is 20.5 Å². The summed E-state index contributed by atoms with van der Waals surface area (Å²) in [5.74, 6) is 0. The zero-order valence-electron chi connectivity index (χ0n) is 12.4. The normalized spacial score (nSPS) is 11.0. The molecule has 0 aliphatic heterocycles. The predicted octanol–water partition coefficient (Wildman–Crippen LogP) is 3.68.